The Labute approximate surface area is 188 Å². The molecule has 2 atom stereocenters. The molecule has 1 heterocycles. The van der Waals surface area contributed by atoms with Gasteiger partial charge < -0.3 is 0 Å². The molecule has 0 bridgehead atoms. The standard InChI is InChI=1S/C26H24FNO3S/c1-3-22-17-24(26(29)20-7-5-4-6-8-20)25(19-11-13-21(27)14-12-19)28(22)32(30,31)23-15-9-18(2)10-16-23/h4-17,22,25H,3H2,1-2H3/t22-,25+/m1/s1. The van der Waals surface area contributed by atoms with Crippen molar-refractivity contribution >= 4 is 15.8 Å². The third-order valence-corrected chi connectivity index (χ3v) is 7.65. The first kappa shape index (κ1) is 22.1. The number of benzene rings is 3. The molecular formula is C26H24FNO3S. The summed E-state index contributed by atoms with van der Waals surface area (Å²) in [5, 5.41) is 0. The van der Waals surface area contributed by atoms with Crippen molar-refractivity contribution in [3.8, 4) is 0 Å². The minimum absolute atomic E-state index is 0.162. The summed E-state index contributed by atoms with van der Waals surface area (Å²) >= 11 is 0. The quantitative estimate of drug-likeness (QED) is 0.469. The lowest BCUT2D eigenvalue weighted by atomic mass is 9.94. The van der Waals surface area contributed by atoms with E-state index in [4.69, 9.17) is 0 Å². The minimum atomic E-state index is -3.94. The van der Waals surface area contributed by atoms with E-state index < -0.39 is 27.9 Å². The van der Waals surface area contributed by atoms with Crippen molar-refractivity contribution in [3.05, 3.63) is 113 Å². The predicted molar refractivity (Wildman–Crippen MR) is 122 cm³/mol. The minimum Gasteiger partial charge on any atom is -0.289 e. The molecule has 0 saturated heterocycles. The van der Waals surface area contributed by atoms with Crippen molar-refractivity contribution in [3.63, 3.8) is 0 Å². The Morgan fingerprint density at radius 1 is 0.938 bits per heavy atom. The zero-order valence-corrected chi connectivity index (χ0v) is 18.7. The summed E-state index contributed by atoms with van der Waals surface area (Å²) in [5.74, 6) is -0.661. The van der Waals surface area contributed by atoms with E-state index in [0.717, 1.165) is 5.56 Å². The molecule has 3 aromatic carbocycles. The molecule has 3 aromatic rings. The average Bonchev–Trinajstić information content (AvgIpc) is 3.20. The van der Waals surface area contributed by atoms with Crippen molar-refractivity contribution < 1.29 is 17.6 Å². The van der Waals surface area contributed by atoms with Gasteiger partial charge in [-0.15, -0.1) is 0 Å². The van der Waals surface area contributed by atoms with Crippen molar-refractivity contribution in [2.45, 2.75) is 37.2 Å². The van der Waals surface area contributed by atoms with Crippen LogP contribution in [-0.4, -0.2) is 24.5 Å². The van der Waals surface area contributed by atoms with Crippen LogP contribution in [0.4, 0.5) is 4.39 Å². The largest absolute Gasteiger partial charge is 0.289 e. The Balaban J connectivity index is 1.87. The first-order valence-corrected chi connectivity index (χ1v) is 11.9. The number of carbonyl (C=O) groups excluding carboxylic acids is 1. The van der Waals surface area contributed by atoms with Crippen molar-refractivity contribution in [2.75, 3.05) is 0 Å². The Kier molecular flexibility index (Phi) is 6.09. The van der Waals surface area contributed by atoms with Gasteiger partial charge in [0.15, 0.2) is 5.78 Å². The summed E-state index contributed by atoms with van der Waals surface area (Å²) in [7, 11) is -3.94. The maximum absolute atomic E-state index is 13.8. The van der Waals surface area contributed by atoms with Crippen LogP contribution < -0.4 is 0 Å². The summed E-state index contributed by atoms with van der Waals surface area (Å²) in [5.41, 5.74) is 2.36. The zero-order valence-electron chi connectivity index (χ0n) is 17.9. The number of rotatable bonds is 6. The lowest BCUT2D eigenvalue weighted by Crippen LogP contribution is -2.38. The zero-order chi connectivity index (χ0) is 22.9. The van der Waals surface area contributed by atoms with Gasteiger partial charge in [-0.1, -0.05) is 73.2 Å². The highest BCUT2D eigenvalue weighted by molar-refractivity contribution is 7.89. The van der Waals surface area contributed by atoms with Gasteiger partial charge in [0, 0.05) is 17.2 Å². The molecule has 4 nitrogen and oxygen atoms in total. The van der Waals surface area contributed by atoms with Crippen LogP contribution in [0.15, 0.2) is 95.4 Å². The number of ketones is 1. The molecule has 0 amide bonds. The Morgan fingerprint density at radius 3 is 2.16 bits per heavy atom. The van der Waals surface area contributed by atoms with Gasteiger partial charge in [0.2, 0.25) is 10.0 Å². The number of aryl methyl sites for hydroxylation is 1. The molecule has 4 rings (SSSR count). The van der Waals surface area contributed by atoms with Gasteiger partial charge in [-0.25, -0.2) is 12.8 Å². The molecule has 1 aliphatic rings. The van der Waals surface area contributed by atoms with Crippen molar-refractivity contribution in [1.29, 1.82) is 0 Å². The number of carbonyl (C=O) groups is 1. The third-order valence-electron chi connectivity index (χ3n) is 5.75. The fourth-order valence-electron chi connectivity index (χ4n) is 4.07. The molecule has 0 saturated carbocycles. The van der Waals surface area contributed by atoms with E-state index in [0.29, 0.717) is 23.1 Å². The van der Waals surface area contributed by atoms with Gasteiger partial charge in [0.25, 0.3) is 0 Å². The van der Waals surface area contributed by atoms with Crippen LogP contribution in [0.3, 0.4) is 0 Å². The number of Topliss-reactive ketones (excluding diaryl/α,β-unsaturated/α-hetero) is 1. The molecule has 0 radical (unpaired) electrons. The van der Waals surface area contributed by atoms with Gasteiger partial charge in [-0.05, 0) is 43.2 Å². The van der Waals surface area contributed by atoms with Gasteiger partial charge in [0.1, 0.15) is 5.82 Å². The second-order valence-corrected chi connectivity index (χ2v) is 9.74. The summed E-state index contributed by atoms with van der Waals surface area (Å²) in [6.07, 6.45) is 2.24. The third kappa shape index (κ3) is 4.04. The fourth-order valence-corrected chi connectivity index (χ4v) is 5.88. The Morgan fingerprint density at radius 2 is 1.56 bits per heavy atom. The molecule has 32 heavy (non-hydrogen) atoms. The summed E-state index contributed by atoms with van der Waals surface area (Å²) in [6, 6.07) is 19.8. The van der Waals surface area contributed by atoms with Crippen LogP contribution in [0.25, 0.3) is 0 Å². The maximum Gasteiger partial charge on any atom is 0.244 e. The van der Waals surface area contributed by atoms with E-state index in [1.165, 1.54) is 16.4 Å². The highest BCUT2D eigenvalue weighted by Crippen LogP contribution is 2.43. The lowest BCUT2D eigenvalue weighted by Gasteiger charge is -2.31. The monoisotopic (exact) mass is 449 g/mol. The molecule has 164 valence electrons. The first-order valence-electron chi connectivity index (χ1n) is 10.5. The van der Waals surface area contributed by atoms with Crippen molar-refractivity contribution in [2.24, 2.45) is 0 Å². The van der Waals surface area contributed by atoms with Crippen LogP contribution in [0.2, 0.25) is 0 Å². The molecule has 0 aliphatic carbocycles. The molecule has 0 fully saturated rings. The normalized spacial score (nSPS) is 19.0. The van der Waals surface area contributed by atoms with Crippen LogP contribution in [0, 0.1) is 12.7 Å². The smallest absolute Gasteiger partial charge is 0.244 e. The lowest BCUT2D eigenvalue weighted by molar-refractivity contribution is 0.102. The van der Waals surface area contributed by atoms with Gasteiger partial charge in [-0.2, -0.15) is 4.31 Å². The Bertz CT molecular complexity index is 1250. The topological polar surface area (TPSA) is 54.5 Å². The number of hydrogen-bond acceptors (Lipinski definition) is 3. The van der Waals surface area contributed by atoms with Crippen LogP contribution in [0.5, 0.6) is 0 Å². The number of sulfonamides is 1. The molecule has 0 N–H and O–H groups in total. The average molecular weight is 450 g/mol. The Hall–Kier alpha value is -3.09. The molecule has 0 aromatic heterocycles. The van der Waals surface area contributed by atoms with Crippen molar-refractivity contribution in [1.82, 2.24) is 4.31 Å². The molecule has 6 heteroatoms. The molecule has 0 unspecified atom stereocenters. The van der Waals surface area contributed by atoms with Crippen LogP contribution in [-0.2, 0) is 10.0 Å². The molecular weight excluding hydrogens is 425 g/mol. The van der Waals surface area contributed by atoms with Gasteiger partial charge in [0.05, 0.1) is 10.9 Å². The number of nitrogens with zero attached hydrogens (tertiary/aromatic N) is 1. The first-order chi connectivity index (χ1) is 15.3. The van der Waals surface area contributed by atoms with Gasteiger partial charge in [-0.3, -0.25) is 4.79 Å². The summed E-state index contributed by atoms with van der Waals surface area (Å²) < 4.78 is 42.6. The van der Waals surface area contributed by atoms with Crippen LogP contribution >= 0.6 is 0 Å². The van der Waals surface area contributed by atoms with E-state index in [1.54, 1.807) is 66.7 Å². The summed E-state index contributed by atoms with van der Waals surface area (Å²) in [4.78, 5) is 13.6. The SMILES string of the molecule is CC[C@@H]1C=C(C(=O)c2ccccc2)[C@H](c2ccc(F)cc2)N1S(=O)(=O)c1ccc(C)cc1. The van der Waals surface area contributed by atoms with E-state index in [-0.39, 0.29) is 10.7 Å². The van der Waals surface area contributed by atoms with Crippen LogP contribution in [0.1, 0.15) is 40.9 Å². The highest BCUT2D eigenvalue weighted by atomic mass is 32.2. The second-order valence-electron chi connectivity index (χ2n) is 7.89. The van der Waals surface area contributed by atoms with E-state index >= 15 is 0 Å². The fraction of sp³-hybridized carbons (Fsp3) is 0.192. The number of halogens is 1. The second kappa shape index (κ2) is 8.81. The maximum atomic E-state index is 13.8. The van der Waals surface area contributed by atoms with E-state index in [9.17, 15) is 17.6 Å². The van der Waals surface area contributed by atoms with Gasteiger partial charge >= 0.3 is 0 Å². The molecule has 1 aliphatic heterocycles. The predicted octanol–water partition coefficient (Wildman–Crippen LogP) is 5.47. The molecule has 0 spiro atoms. The summed E-state index contributed by atoms with van der Waals surface area (Å²) in [6.45, 7) is 3.77. The van der Waals surface area contributed by atoms with E-state index in [1.807, 2.05) is 19.9 Å². The highest BCUT2D eigenvalue weighted by Gasteiger charge is 2.45. The number of hydrogen-bond donors (Lipinski definition) is 0. The van der Waals surface area contributed by atoms with E-state index in [2.05, 4.69) is 0 Å².